The van der Waals surface area contributed by atoms with Crippen molar-refractivity contribution in [1.29, 1.82) is 0 Å². The fourth-order valence-corrected chi connectivity index (χ4v) is 4.06. The SMILES string of the molecule is CN(Cc1nc(-c2cccc(Br)c2)no1)S(=O)(=O)Cc1ccc(Br)cc1. The van der Waals surface area contributed by atoms with Gasteiger partial charge in [0.2, 0.25) is 21.7 Å². The van der Waals surface area contributed by atoms with E-state index in [9.17, 15) is 8.42 Å². The van der Waals surface area contributed by atoms with Crippen LogP contribution in [0.25, 0.3) is 11.4 Å². The third-order valence-corrected chi connectivity index (χ3v) is 6.44. The van der Waals surface area contributed by atoms with Crippen LogP contribution in [0.15, 0.2) is 62.0 Å². The number of hydrogen-bond donors (Lipinski definition) is 0. The van der Waals surface area contributed by atoms with Crippen molar-refractivity contribution in [1.82, 2.24) is 14.4 Å². The second-order valence-electron chi connectivity index (χ2n) is 5.66. The maximum Gasteiger partial charge on any atom is 0.242 e. The standard InChI is InChI=1S/C17H15Br2N3O3S/c1-22(26(23,24)11-12-5-7-14(18)8-6-12)10-16-20-17(21-25-16)13-3-2-4-15(19)9-13/h2-9H,10-11H2,1H3. The molecule has 0 aliphatic rings. The molecule has 2 aromatic carbocycles. The molecule has 9 heteroatoms. The van der Waals surface area contributed by atoms with E-state index in [1.807, 2.05) is 36.4 Å². The second kappa shape index (κ2) is 7.99. The Balaban J connectivity index is 1.71. The minimum atomic E-state index is -3.50. The van der Waals surface area contributed by atoms with Gasteiger partial charge in [-0.15, -0.1) is 0 Å². The summed E-state index contributed by atoms with van der Waals surface area (Å²) in [6.07, 6.45) is 0. The van der Waals surface area contributed by atoms with E-state index in [0.717, 1.165) is 14.5 Å². The Morgan fingerprint density at radius 1 is 1.08 bits per heavy atom. The number of nitrogens with zero attached hydrogens (tertiary/aromatic N) is 3. The van der Waals surface area contributed by atoms with Gasteiger partial charge < -0.3 is 4.52 Å². The van der Waals surface area contributed by atoms with Crippen molar-refractivity contribution in [2.45, 2.75) is 12.3 Å². The normalized spacial score (nSPS) is 11.8. The van der Waals surface area contributed by atoms with Crippen LogP contribution in [0, 0.1) is 0 Å². The molecule has 0 atom stereocenters. The van der Waals surface area contributed by atoms with Crippen LogP contribution in [0.4, 0.5) is 0 Å². The largest absolute Gasteiger partial charge is 0.338 e. The molecule has 0 spiro atoms. The first-order chi connectivity index (χ1) is 12.3. The lowest BCUT2D eigenvalue weighted by Crippen LogP contribution is -2.27. The lowest BCUT2D eigenvalue weighted by molar-refractivity contribution is 0.336. The molecule has 0 unspecified atom stereocenters. The van der Waals surface area contributed by atoms with Gasteiger partial charge in [-0.1, -0.05) is 61.3 Å². The van der Waals surface area contributed by atoms with E-state index < -0.39 is 10.0 Å². The van der Waals surface area contributed by atoms with Gasteiger partial charge in [0.05, 0.1) is 12.3 Å². The van der Waals surface area contributed by atoms with Gasteiger partial charge in [-0.25, -0.2) is 8.42 Å². The van der Waals surface area contributed by atoms with Crippen molar-refractivity contribution < 1.29 is 12.9 Å². The van der Waals surface area contributed by atoms with Crippen LogP contribution in [-0.4, -0.2) is 29.9 Å². The molecule has 136 valence electrons. The van der Waals surface area contributed by atoms with Crippen LogP contribution in [0.5, 0.6) is 0 Å². The zero-order valence-electron chi connectivity index (χ0n) is 13.8. The number of rotatable bonds is 6. The van der Waals surface area contributed by atoms with Gasteiger partial charge in [-0.05, 0) is 29.8 Å². The molecule has 0 saturated carbocycles. The van der Waals surface area contributed by atoms with Crippen LogP contribution in [0.1, 0.15) is 11.5 Å². The molecule has 0 fully saturated rings. The molecule has 0 aliphatic carbocycles. The summed E-state index contributed by atoms with van der Waals surface area (Å²) in [4.78, 5) is 4.28. The quantitative estimate of drug-likeness (QED) is 0.506. The van der Waals surface area contributed by atoms with Crippen molar-refractivity contribution in [3.8, 4) is 11.4 Å². The van der Waals surface area contributed by atoms with Crippen LogP contribution in [-0.2, 0) is 22.3 Å². The first-order valence-electron chi connectivity index (χ1n) is 7.60. The van der Waals surface area contributed by atoms with Crippen molar-refractivity contribution >= 4 is 41.9 Å². The molecule has 0 saturated heterocycles. The van der Waals surface area contributed by atoms with Crippen LogP contribution in [0.2, 0.25) is 0 Å². The highest BCUT2D eigenvalue weighted by Gasteiger charge is 2.21. The Kier molecular flexibility index (Phi) is 5.91. The molecular weight excluding hydrogens is 486 g/mol. The van der Waals surface area contributed by atoms with E-state index in [2.05, 4.69) is 42.0 Å². The second-order valence-corrected chi connectivity index (χ2v) is 9.57. The third kappa shape index (κ3) is 4.79. The number of hydrogen-bond acceptors (Lipinski definition) is 5. The molecule has 26 heavy (non-hydrogen) atoms. The molecule has 0 N–H and O–H groups in total. The highest BCUT2D eigenvalue weighted by Crippen LogP contribution is 2.21. The Bertz CT molecular complexity index is 1000. The molecule has 0 amide bonds. The Labute approximate surface area is 168 Å². The summed E-state index contributed by atoms with van der Waals surface area (Å²) in [5.41, 5.74) is 1.50. The summed E-state index contributed by atoms with van der Waals surface area (Å²) in [6, 6.07) is 14.6. The predicted molar refractivity (Wildman–Crippen MR) is 106 cm³/mol. The predicted octanol–water partition coefficient (Wildman–Crippen LogP) is 4.22. The number of benzene rings is 2. The zero-order valence-corrected chi connectivity index (χ0v) is 17.8. The Hall–Kier alpha value is -1.55. The highest BCUT2D eigenvalue weighted by atomic mass is 79.9. The molecule has 6 nitrogen and oxygen atoms in total. The first kappa shape index (κ1) is 19.2. The molecule has 0 aliphatic heterocycles. The number of sulfonamides is 1. The zero-order chi connectivity index (χ0) is 18.7. The lowest BCUT2D eigenvalue weighted by Gasteiger charge is -2.15. The van der Waals surface area contributed by atoms with E-state index in [1.165, 1.54) is 11.4 Å². The van der Waals surface area contributed by atoms with E-state index in [-0.39, 0.29) is 18.2 Å². The van der Waals surface area contributed by atoms with Gasteiger partial charge in [-0.3, -0.25) is 0 Å². The van der Waals surface area contributed by atoms with E-state index in [1.54, 1.807) is 12.1 Å². The van der Waals surface area contributed by atoms with Crippen LogP contribution < -0.4 is 0 Å². The maximum absolute atomic E-state index is 12.5. The van der Waals surface area contributed by atoms with E-state index in [4.69, 9.17) is 4.52 Å². The maximum atomic E-state index is 12.5. The lowest BCUT2D eigenvalue weighted by atomic mass is 10.2. The van der Waals surface area contributed by atoms with Gasteiger partial charge in [-0.2, -0.15) is 9.29 Å². The highest BCUT2D eigenvalue weighted by molar-refractivity contribution is 9.10. The Morgan fingerprint density at radius 2 is 1.81 bits per heavy atom. The van der Waals surface area contributed by atoms with E-state index >= 15 is 0 Å². The average Bonchev–Trinajstić information content (AvgIpc) is 3.05. The summed E-state index contributed by atoms with van der Waals surface area (Å²) in [5.74, 6) is 0.561. The van der Waals surface area contributed by atoms with Gasteiger partial charge in [0.15, 0.2) is 0 Å². The minimum Gasteiger partial charge on any atom is -0.338 e. The number of halogens is 2. The average molecular weight is 501 g/mol. The fourth-order valence-electron chi connectivity index (χ4n) is 2.25. The topological polar surface area (TPSA) is 76.3 Å². The fraction of sp³-hybridized carbons (Fsp3) is 0.176. The van der Waals surface area contributed by atoms with Gasteiger partial charge >= 0.3 is 0 Å². The van der Waals surface area contributed by atoms with Gasteiger partial charge in [0, 0.05) is 21.6 Å². The van der Waals surface area contributed by atoms with Crippen molar-refractivity contribution in [2.24, 2.45) is 0 Å². The van der Waals surface area contributed by atoms with Gasteiger partial charge in [0.25, 0.3) is 0 Å². The molecule has 3 rings (SSSR count). The summed E-state index contributed by atoms with van der Waals surface area (Å²) < 4.78 is 33.3. The molecule has 1 aromatic heterocycles. The van der Waals surface area contributed by atoms with Crippen LogP contribution in [0.3, 0.4) is 0 Å². The van der Waals surface area contributed by atoms with Crippen molar-refractivity contribution in [3.63, 3.8) is 0 Å². The molecule has 3 aromatic rings. The molecule has 0 radical (unpaired) electrons. The Morgan fingerprint density at radius 3 is 2.50 bits per heavy atom. The molecular formula is C17H15Br2N3O3S. The monoisotopic (exact) mass is 499 g/mol. The van der Waals surface area contributed by atoms with E-state index in [0.29, 0.717) is 11.4 Å². The number of aromatic nitrogens is 2. The first-order valence-corrected chi connectivity index (χ1v) is 10.8. The third-order valence-electron chi connectivity index (χ3n) is 3.65. The summed E-state index contributed by atoms with van der Waals surface area (Å²) in [5, 5.41) is 3.92. The van der Waals surface area contributed by atoms with Gasteiger partial charge in [0.1, 0.15) is 0 Å². The summed E-state index contributed by atoms with van der Waals surface area (Å²) in [6.45, 7) is 0.0138. The minimum absolute atomic E-state index is 0.0138. The molecule has 1 heterocycles. The van der Waals surface area contributed by atoms with Crippen LogP contribution >= 0.6 is 31.9 Å². The summed E-state index contributed by atoms with van der Waals surface area (Å²) in [7, 11) is -2.01. The van der Waals surface area contributed by atoms with Crippen molar-refractivity contribution in [3.05, 3.63) is 68.9 Å². The molecule has 0 bridgehead atoms. The summed E-state index contributed by atoms with van der Waals surface area (Å²) >= 11 is 6.73. The van der Waals surface area contributed by atoms with Crippen molar-refractivity contribution in [2.75, 3.05) is 7.05 Å². The smallest absolute Gasteiger partial charge is 0.242 e.